The molecule has 0 radical (unpaired) electrons. The van der Waals surface area contributed by atoms with Crippen molar-refractivity contribution in [3.63, 3.8) is 0 Å². The Kier molecular flexibility index (Phi) is 9.48. The fraction of sp³-hybridized carbons (Fsp3) is 0.462. The smallest absolute Gasteiger partial charge is 0.341 e. The summed E-state index contributed by atoms with van der Waals surface area (Å²) in [6.45, 7) is 10.9. The quantitative estimate of drug-likeness (QED) is 0.362. The predicted molar refractivity (Wildman–Crippen MR) is 134 cm³/mol. The van der Waals surface area contributed by atoms with Gasteiger partial charge in [-0.25, -0.2) is 9.59 Å². The zero-order chi connectivity index (χ0) is 26.4. The fourth-order valence-electron chi connectivity index (χ4n) is 3.07. The topological polar surface area (TPSA) is 101 Å². The van der Waals surface area contributed by atoms with Gasteiger partial charge in [0, 0.05) is 0 Å². The summed E-state index contributed by atoms with van der Waals surface area (Å²) in [4.78, 5) is 24.6. The van der Waals surface area contributed by atoms with Crippen molar-refractivity contribution in [2.75, 3.05) is 21.3 Å². The van der Waals surface area contributed by atoms with Crippen LogP contribution >= 0.6 is 0 Å². The Labute approximate surface area is 208 Å². The van der Waals surface area contributed by atoms with E-state index in [1.165, 1.54) is 21.3 Å². The highest BCUT2D eigenvalue weighted by Gasteiger charge is 2.37. The largest absolute Gasteiger partial charge is 0.496 e. The molecule has 192 valence electrons. The van der Waals surface area contributed by atoms with Crippen LogP contribution in [0.1, 0.15) is 58.2 Å². The first-order chi connectivity index (χ1) is 16.4. The number of methoxy groups -OCH3 is 3. The van der Waals surface area contributed by atoms with E-state index in [-0.39, 0.29) is 35.1 Å². The van der Waals surface area contributed by atoms with Crippen molar-refractivity contribution < 1.29 is 38.1 Å². The SMILES string of the molecule is COC(=O)c1cc(COc2cc(CO)ccc2C(=O)OC)c(CO[Si](C)(C)C(C)(C)C)cc1OC. The van der Waals surface area contributed by atoms with Gasteiger partial charge < -0.3 is 28.5 Å². The van der Waals surface area contributed by atoms with Crippen molar-refractivity contribution >= 4 is 20.3 Å². The second kappa shape index (κ2) is 11.7. The van der Waals surface area contributed by atoms with Gasteiger partial charge in [0.25, 0.3) is 0 Å². The molecule has 8 nitrogen and oxygen atoms in total. The van der Waals surface area contributed by atoms with Crippen LogP contribution in [0.25, 0.3) is 0 Å². The van der Waals surface area contributed by atoms with Crippen LogP contribution in [0.5, 0.6) is 11.5 Å². The number of carbonyl (C=O) groups excluding carboxylic acids is 2. The van der Waals surface area contributed by atoms with Gasteiger partial charge in [0.1, 0.15) is 29.2 Å². The maximum atomic E-state index is 12.4. The average Bonchev–Trinajstić information content (AvgIpc) is 2.84. The number of aliphatic hydroxyl groups is 1. The summed E-state index contributed by atoms with van der Waals surface area (Å²) < 4.78 is 27.7. The maximum absolute atomic E-state index is 12.4. The normalized spacial score (nSPS) is 11.7. The molecular weight excluding hydrogens is 468 g/mol. The van der Waals surface area contributed by atoms with E-state index in [0.717, 1.165) is 5.56 Å². The van der Waals surface area contributed by atoms with Gasteiger partial charge in [-0.15, -0.1) is 0 Å². The number of benzene rings is 2. The van der Waals surface area contributed by atoms with Gasteiger partial charge in [-0.05, 0) is 59.1 Å². The number of hydrogen-bond acceptors (Lipinski definition) is 8. The van der Waals surface area contributed by atoms with Crippen molar-refractivity contribution in [2.45, 2.75) is 58.7 Å². The highest BCUT2D eigenvalue weighted by Crippen LogP contribution is 2.38. The lowest BCUT2D eigenvalue weighted by Gasteiger charge is -2.36. The van der Waals surface area contributed by atoms with E-state index in [1.807, 2.05) is 0 Å². The van der Waals surface area contributed by atoms with E-state index >= 15 is 0 Å². The average molecular weight is 505 g/mol. The summed E-state index contributed by atoms with van der Waals surface area (Å²) in [5.74, 6) is -0.476. The summed E-state index contributed by atoms with van der Waals surface area (Å²) in [6.07, 6.45) is 0. The number of ether oxygens (including phenoxy) is 4. The van der Waals surface area contributed by atoms with Gasteiger partial charge in [-0.3, -0.25) is 0 Å². The Morgan fingerprint density at radius 3 is 2.00 bits per heavy atom. The Morgan fingerprint density at radius 2 is 1.46 bits per heavy atom. The lowest BCUT2D eigenvalue weighted by molar-refractivity contribution is 0.0588. The van der Waals surface area contributed by atoms with E-state index in [4.69, 9.17) is 23.4 Å². The molecule has 0 saturated heterocycles. The van der Waals surface area contributed by atoms with Crippen LogP contribution in [0.2, 0.25) is 18.1 Å². The molecule has 35 heavy (non-hydrogen) atoms. The number of rotatable bonds is 10. The third kappa shape index (κ3) is 6.84. The molecule has 0 bridgehead atoms. The van der Waals surface area contributed by atoms with Gasteiger partial charge in [0.15, 0.2) is 8.32 Å². The Bertz CT molecular complexity index is 1060. The molecule has 0 atom stereocenters. The van der Waals surface area contributed by atoms with Crippen LogP contribution in [0, 0.1) is 0 Å². The number of esters is 2. The minimum absolute atomic E-state index is 0.0137. The molecule has 0 saturated carbocycles. The summed E-state index contributed by atoms with van der Waals surface area (Å²) >= 11 is 0. The Balaban J connectivity index is 2.49. The lowest BCUT2D eigenvalue weighted by atomic mass is 10.0. The number of aliphatic hydroxyl groups excluding tert-OH is 1. The Hall–Kier alpha value is -2.88. The van der Waals surface area contributed by atoms with E-state index in [2.05, 4.69) is 33.9 Å². The molecule has 0 fully saturated rings. The van der Waals surface area contributed by atoms with Gasteiger partial charge in [-0.2, -0.15) is 0 Å². The predicted octanol–water partition coefficient (Wildman–Crippen LogP) is 4.86. The summed E-state index contributed by atoms with van der Waals surface area (Å²) in [5, 5.41) is 9.54. The van der Waals surface area contributed by atoms with Gasteiger partial charge >= 0.3 is 11.9 Å². The number of carbonyl (C=O) groups is 2. The van der Waals surface area contributed by atoms with Crippen LogP contribution in [0.3, 0.4) is 0 Å². The monoisotopic (exact) mass is 504 g/mol. The van der Waals surface area contributed by atoms with Crippen molar-refractivity contribution in [1.82, 2.24) is 0 Å². The molecule has 0 aromatic heterocycles. The van der Waals surface area contributed by atoms with Gasteiger partial charge in [0.2, 0.25) is 0 Å². The van der Waals surface area contributed by atoms with Gasteiger partial charge in [-0.1, -0.05) is 26.8 Å². The first-order valence-electron chi connectivity index (χ1n) is 11.3. The minimum atomic E-state index is -2.07. The summed E-state index contributed by atoms with van der Waals surface area (Å²) in [5.41, 5.74) is 2.53. The maximum Gasteiger partial charge on any atom is 0.341 e. The minimum Gasteiger partial charge on any atom is -0.496 e. The zero-order valence-corrected chi connectivity index (χ0v) is 22.8. The van der Waals surface area contributed by atoms with Crippen LogP contribution in [0.15, 0.2) is 30.3 Å². The highest BCUT2D eigenvalue weighted by molar-refractivity contribution is 6.74. The summed E-state index contributed by atoms with van der Waals surface area (Å²) in [6, 6.07) is 8.16. The molecule has 0 unspecified atom stereocenters. The van der Waals surface area contributed by atoms with Crippen molar-refractivity contribution in [3.05, 3.63) is 58.1 Å². The van der Waals surface area contributed by atoms with E-state index in [0.29, 0.717) is 23.5 Å². The fourth-order valence-corrected chi connectivity index (χ4v) is 4.02. The van der Waals surface area contributed by atoms with E-state index in [1.54, 1.807) is 30.3 Å². The van der Waals surface area contributed by atoms with Crippen LogP contribution < -0.4 is 9.47 Å². The van der Waals surface area contributed by atoms with Crippen LogP contribution in [-0.4, -0.2) is 46.7 Å². The lowest BCUT2D eigenvalue weighted by Crippen LogP contribution is -2.40. The molecule has 2 rings (SSSR count). The standard InChI is InChI=1S/C26H36O8Si/c1-26(2,3)35(7,8)34-16-19-13-22(30-4)21(25(29)32-6)12-18(19)15-33-23-11-17(14-27)9-10-20(23)24(28)31-5/h9-13,27H,14-16H2,1-8H3. The molecule has 0 heterocycles. The number of hydrogen-bond donors (Lipinski definition) is 1. The molecule has 2 aromatic carbocycles. The molecule has 0 aliphatic heterocycles. The van der Waals surface area contributed by atoms with Crippen molar-refractivity contribution in [3.8, 4) is 11.5 Å². The van der Waals surface area contributed by atoms with Gasteiger partial charge in [0.05, 0.1) is 34.5 Å². The molecule has 9 heteroatoms. The third-order valence-corrected chi connectivity index (χ3v) is 10.8. The molecule has 0 aliphatic carbocycles. The van der Waals surface area contributed by atoms with E-state index < -0.39 is 20.3 Å². The molecular formula is C26H36O8Si. The first-order valence-corrected chi connectivity index (χ1v) is 14.2. The Morgan fingerprint density at radius 1 is 0.857 bits per heavy atom. The zero-order valence-electron chi connectivity index (χ0n) is 21.8. The molecule has 0 amide bonds. The first kappa shape index (κ1) is 28.4. The molecule has 2 aromatic rings. The summed E-state index contributed by atoms with van der Waals surface area (Å²) in [7, 11) is 2.00. The molecule has 0 aliphatic rings. The third-order valence-electron chi connectivity index (χ3n) is 6.34. The second-order valence-electron chi connectivity index (χ2n) is 9.63. The molecule has 0 spiro atoms. The van der Waals surface area contributed by atoms with Crippen molar-refractivity contribution in [2.24, 2.45) is 0 Å². The van der Waals surface area contributed by atoms with Crippen LogP contribution in [0.4, 0.5) is 0 Å². The van der Waals surface area contributed by atoms with Crippen LogP contribution in [-0.2, 0) is 33.7 Å². The second-order valence-corrected chi connectivity index (χ2v) is 14.4. The van der Waals surface area contributed by atoms with Crippen molar-refractivity contribution in [1.29, 1.82) is 0 Å². The highest BCUT2D eigenvalue weighted by atomic mass is 28.4. The van der Waals surface area contributed by atoms with E-state index in [9.17, 15) is 14.7 Å². The molecule has 1 N–H and O–H groups in total.